The molecule has 0 radical (unpaired) electrons. The van der Waals surface area contributed by atoms with Crippen LogP contribution in [0.2, 0.25) is 5.02 Å². The number of amides is 1. The van der Waals surface area contributed by atoms with Crippen molar-refractivity contribution < 1.29 is 9.53 Å². The fourth-order valence-electron chi connectivity index (χ4n) is 4.09. The summed E-state index contributed by atoms with van der Waals surface area (Å²) in [7, 11) is 1.56. The van der Waals surface area contributed by atoms with Gasteiger partial charge >= 0.3 is 5.69 Å². The predicted octanol–water partition coefficient (Wildman–Crippen LogP) is 3.18. The van der Waals surface area contributed by atoms with Crippen molar-refractivity contribution in [2.45, 2.75) is 37.6 Å². The number of carbonyl (C=O) groups excluding carboxylic acids is 1. The maximum atomic E-state index is 13.3. The van der Waals surface area contributed by atoms with Crippen molar-refractivity contribution in [3.8, 4) is 5.69 Å². The van der Waals surface area contributed by atoms with E-state index in [4.69, 9.17) is 16.3 Å². The number of tetrazole rings is 1. The van der Waals surface area contributed by atoms with Crippen LogP contribution >= 0.6 is 11.6 Å². The molecule has 0 bridgehead atoms. The Labute approximate surface area is 184 Å². The summed E-state index contributed by atoms with van der Waals surface area (Å²) in [5, 5.41) is 11.5. The third kappa shape index (κ3) is 4.26. The summed E-state index contributed by atoms with van der Waals surface area (Å²) in [6.07, 6.45) is 3.63. The number of hydrogen-bond acceptors (Lipinski definition) is 5. The topological polar surface area (TPSA) is 91.0 Å². The van der Waals surface area contributed by atoms with Gasteiger partial charge in [-0.25, -0.2) is 4.79 Å². The number of hydrogen-bond donors (Lipinski definition) is 1. The van der Waals surface area contributed by atoms with Crippen LogP contribution in [0.25, 0.3) is 5.69 Å². The number of benzene rings is 2. The first-order chi connectivity index (χ1) is 15.0. The van der Waals surface area contributed by atoms with Crippen LogP contribution in [-0.4, -0.2) is 39.4 Å². The minimum Gasteiger partial charge on any atom is -0.383 e. The van der Waals surface area contributed by atoms with Crippen molar-refractivity contribution in [3.05, 3.63) is 69.6 Å². The van der Waals surface area contributed by atoms with Crippen LogP contribution in [0, 0.1) is 0 Å². The molecule has 3 aromatic rings. The predicted molar refractivity (Wildman–Crippen MR) is 118 cm³/mol. The molecular formula is C22H24ClN5O3. The highest BCUT2D eigenvalue weighted by Crippen LogP contribution is 2.42. The first-order valence-corrected chi connectivity index (χ1v) is 10.6. The van der Waals surface area contributed by atoms with Gasteiger partial charge in [0.1, 0.15) is 0 Å². The minimum absolute atomic E-state index is 0.0252. The maximum absolute atomic E-state index is 13.3. The number of rotatable bonds is 7. The Morgan fingerprint density at radius 1 is 1.10 bits per heavy atom. The number of nitrogens with zero attached hydrogens (tertiary/aromatic N) is 4. The molecule has 31 heavy (non-hydrogen) atoms. The molecule has 8 nitrogen and oxygen atoms in total. The second-order valence-electron chi connectivity index (χ2n) is 7.69. The Hall–Kier alpha value is -2.97. The second-order valence-corrected chi connectivity index (χ2v) is 8.12. The molecule has 1 N–H and O–H groups in total. The van der Waals surface area contributed by atoms with Gasteiger partial charge in [-0.15, -0.1) is 0 Å². The molecule has 0 unspecified atom stereocenters. The Kier molecular flexibility index (Phi) is 6.20. The molecule has 0 spiro atoms. The molecule has 0 aliphatic heterocycles. The zero-order valence-electron chi connectivity index (χ0n) is 17.3. The highest BCUT2D eigenvalue weighted by molar-refractivity contribution is 6.30. The normalized spacial score (nSPS) is 15.2. The molecule has 1 saturated carbocycles. The molecule has 1 fully saturated rings. The Morgan fingerprint density at radius 2 is 1.77 bits per heavy atom. The number of anilines is 1. The summed E-state index contributed by atoms with van der Waals surface area (Å²) in [4.78, 5) is 25.7. The number of nitrogens with one attached hydrogen (secondary N) is 1. The third-order valence-corrected chi connectivity index (χ3v) is 6.06. The van der Waals surface area contributed by atoms with Gasteiger partial charge in [-0.1, -0.05) is 36.6 Å². The number of aromatic nitrogens is 4. The van der Waals surface area contributed by atoms with Crippen molar-refractivity contribution in [3.63, 3.8) is 0 Å². The molecule has 0 atom stereocenters. The van der Waals surface area contributed by atoms with E-state index in [1.165, 1.54) is 9.36 Å². The average Bonchev–Trinajstić information content (AvgIpc) is 3.41. The van der Waals surface area contributed by atoms with Gasteiger partial charge in [0.05, 0.1) is 24.3 Å². The fourth-order valence-corrected chi connectivity index (χ4v) is 4.21. The van der Waals surface area contributed by atoms with Crippen LogP contribution in [0.15, 0.2) is 53.3 Å². The van der Waals surface area contributed by atoms with Crippen LogP contribution in [0.4, 0.5) is 5.69 Å². The lowest BCUT2D eigenvalue weighted by Crippen LogP contribution is -2.38. The molecule has 1 aliphatic carbocycles. The minimum atomic E-state index is -0.551. The maximum Gasteiger partial charge on any atom is 0.368 e. The molecule has 4 rings (SSSR count). The molecule has 1 amide bonds. The highest BCUT2D eigenvalue weighted by atomic mass is 35.5. The van der Waals surface area contributed by atoms with Gasteiger partial charge in [0.25, 0.3) is 0 Å². The molecule has 2 aromatic carbocycles. The molecule has 9 heteroatoms. The summed E-state index contributed by atoms with van der Waals surface area (Å²) >= 11 is 6.03. The Morgan fingerprint density at radius 3 is 2.42 bits per heavy atom. The van der Waals surface area contributed by atoms with Crippen LogP contribution in [0.3, 0.4) is 0 Å². The van der Waals surface area contributed by atoms with Crippen LogP contribution in [0.1, 0.15) is 31.2 Å². The van der Waals surface area contributed by atoms with E-state index in [1.54, 1.807) is 31.4 Å². The Balaban J connectivity index is 1.52. The largest absolute Gasteiger partial charge is 0.383 e. The average molecular weight is 442 g/mol. The van der Waals surface area contributed by atoms with E-state index < -0.39 is 5.41 Å². The highest BCUT2D eigenvalue weighted by Gasteiger charge is 2.42. The number of carbonyl (C=O) groups is 1. The van der Waals surface area contributed by atoms with Crippen molar-refractivity contribution in [1.82, 2.24) is 19.8 Å². The molecule has 1 aromatic heterocycles. The van der Waals surface area contributed by atoms with Gasteiger partial charge in [0.15, 0.2) is 0 Å². The lowest BCUT2D eigenvalue weighted by Gasteiger charge is -2.28. The van der Waals surface area contributed by atoms with E-state index in [1.807, 2.05) is 24.3 Å². The van der Waals surface area contributed by atoms with Gasteiger partial charge in [-0.3, -0.25) is 4.79 Å². The van der Waals surface area contributed by atoms with Crippen LogP contribution in [0.5, 0.6) is 0 Å². The summed E-state index contributed by atoms with van der Waals surface area (Å²) in [5.74, 6) is -0.0252. The van der Waals surface area contributed by atoms with Gasteiger partial charge < -0.3 is 10.1 Å². The van der Waals surface area contributed by atoms with Gasteiger partial charge in [0.2, 0.25) is 5.91 Å². The summed E-state index contributed by atoms with van der Waals surface area (Å²) in [6, 6.07) is 14.5. The standard InChI is InChI=1S/C22H24ClN5O3/c1-31-15-14-27-21(30)28(26-25-27)19-10-8-18(9-11-19)24-20(29)22(12-2-3-13-22)16-4-6-17(23)7-5-16/h4-11H,2-3,12-15H2,1H3,(H,24,29). The fraction of sp³-hybridized carbons (Fsp3) is 0.364. The molecule has 162 valence electrons. The lowest BCUT2D eigenvalue weighted by atomic mass is 9.78. The van der Waals surface area contributed by atoms with Gasteiger partial charge in [0, 0.05) is 17.8 Å². The van der Waals surface area contributed by atoms with Gasteiger partial charge in [-0.05, 0) is 65.2 Å². The summed E-state index contributed by atoms with van der Waals surface area (Å²) < 4.78 is 7.43. The van der Waals surface area contributed by atoms with Crippen LogP contribution < -0.4 is 11.0 Å². The first kappa shape index (κ1) is 21.3. The third-order valence-electron chi connectivity index (χ3n) is 5.80. The van der Waals surface area contributed by atoms with Crippen molar-refractivity contribution in [2.75, 3.05) is 19.0 Å². The van der Waals surface area contributed by atoms with Crippen molar-refractivity contribution in [2.24, 2.45) is 0 Å². The molecule has 0 saturated heterocycles. The van der Waals surface area contributed by atoms with E-state index in [9.17, 15) is 9.59 Å². The summed E-state index contributed by atoms with van der Waals surface area (Å²) in [6.45, 7) is 0.704. The first-order valence-electron chi connectivity index (χ1n) is 10.2. The number of ether oxygens (including phenoxy) is 1. The van der Waals surface area contributed by atoms with E-state index in [2.05, 4.69) is 15.7 Å². The number of halogens is 1. The SMILES string of the molecule is COCCn1nnn(-c2ccc(NC(=O)C3(c4ccc(Cl)cc4)CCCC3)cc2)c1=O. The van der Waals surface area contributed by atoms with E-state index in [0.29, 0.717) is 29.5 Å². The molecule has 1 aliphatic rings. The van der Waals surface area contributed by atoms with E-state index in [0.717, 1.165) is 31.2 Å². The quantitative estimate of drug-likeness (QED) is 0.608. The van der Waals surface area contributed by atoms with Crippen molar-refractivity contribution in [1.29, 1.82) is 0 Å². The smallest absolute Gasteiger partial charge is 0.368 e. The zero-order valence-corrected chi connectivity index (χ0v) is 18.0. The van der Waals surface area contributed by atoms with Crippen LogP contribution in [-0.2, 0) is 21.5 Å². The molecule has 1 heterocycles. The zero-order chi connectivity index (χ0) is 21.8. The Bertz CT molecular complexity index is 1100. The summed E-state index contributed by atoms with van der Waals surface area (Å²) in [5.41, 5.74) is 1.32. The lowest BCUT2D eigenvalue weighted by molar-refractivity contribution is -0.121. The van der Waals surface area contributed by atoms with E-state index >= 15 is 0 Å². The van der Waals surface area contributed by atoms with Crippen molar-refractivity contribution >= 4 is 23.2 Å². The van der Waals surface area contributed by atoms with E-state index in [-0.39, 0.29) is 11.6 Å². The second kappa shape index (κ2) is 9.03. The monoisotopic (exact) mass is 441 g/mol. The number of methoxy groups -OCH3 is 1. The van der Waals surface area contributed by atoms with Gasteiger partial charge in [-0.2, -0.15) is 9.36 Å². The molecular weight excluding hydrogens is 418 g/mol.